The van der Waals surface area contributed by atoms with Crippen LogP contribution in [0.2, 0.25) is 0 Å². The van der Waals surface area contributed by atoms with Crippen LogP contribution in [-0.2, 0) is 6.25 Å². The first kappa shape index (κ1) is 6.13. The van der Waals surface area contributed by atoms with E-state index in [1.165, 1.54) is 0 Å². The predicted molar refractivity (Wildman–Crippen MR) is 8.21 cm³/mol. The van der Waals surface area contributed by atoms with E-state index < -0.39 is 48.0 Å². The van der Waals surface area contributed by atoms with Crippen molar-refractivity contribution in [1.29, 1.82) is 0 Å². The van der Waals surface area contributed by atoms with Gasteiger partial charge in [-0.25, -0.2) is 0 Å². The fourth-order valence-corrected chi connectivity index (χ4v) is 0.495. The molecule has 0 bridgehead atoms. The van der Waals surface area contributed by atoms with Crippen LogP contribution in [0.15, 0.2) is 0 Å². The van der Waals surface area contributed by atoms with Crippen LogP contribution in [0.4, 0.5) is 0 Å². The zero-order chi connectivity index (χ0) is 4.12. The summed E-state index contributed by atoms with van der Waals surface area (Å²) < 4.78 is 22.6. The Labute approximate surface area is 53.6 Å². The van der Waals surface area contributed by atoms with Crippen molar-refractivity contribution in [2.24, 2.45) is 0 Å². The molecule has 0 saturated heterocycles. The van der Waals surface area contributed by atoms with Gasteiger partial charge in [0.2, 0.25) is 0 Å². The first-order valence-electron chi connectivity index (χ1n) is 0.943. The van der Waals surface area contributed by atoms with Gasteiger partial charge in [0.05, 0.1) is 0 Å². The van der Waals surface area contributed by atoms with Gasteiger partial charge in [0, 0.05) is 0 Å². The van der Waals surface area contributed by atoms with Gasteiger partial charge in [-0.1, -0.05) is 0 Å². The molecule has 0 aliphatic carbocycles. The maximum absolute atomic E-state index is 9.34. The van der Waals surface area contributed by atoms with E-state index in [1.807, 2.05) is 0 Å². The molecule has 0 aliphatic heterocycles. The fraction of sp³-hybridized carbons (Fsp3) is 0. The predicted octanol–water partition coefficient (Wildman–Crippen LogP) is -0.687. The molecule has 24 valence electrons. The minimum absolute atomic E-state index is 1.18. The third-order valence-electron chi connectivity index (χ3n) is 0.111. The van der Waals surface area contributed by atoms with Crippen LogP contribution in [0.1, 0.15) is 0 Å². The van der Waals surface area contributed by atoms with Crippen LogP contribution in [0.25, 0.3) is 0 Å². The Morgan fingerprint density at radius 1 is 1.80 bits per heavy atom. The van der Waals surface area contributed by atoms with Crippen LogP contribution in [-0.4, -0.2) is 15.5 Å². The van der Waals surface area contributed by atoms with Crippen LogP contribution >= 0.6 is 0 Å². The quantitative estimate of drug-likeness (QED) is 0.571. The van der Waals surface area contributed by atoms with Crippen LogP contribution in [0, 0.1) is 32.5 Å². The monoisotopic (exact) mass is 214 g/mol. The van der Waals surface area contributed by atoms with E-state index in [0.29, 0.717) is 0 Å². The van der Waals surface area contributed by atoms with Crippen molar-refractivity contribution in [1.82, 2.24) is 0 Å². The van der Waals surface area contributed by atoms with Gasteiger partial charge in [-0.15, -0.1) is 0 Å². The van der Waals surface area contributed by atoms with E-state index in [1.54, 1.807) is 0 Å². The van der Waals surface area contributed by atoms with Crippen molar-refractivity contribution in [2.75, 3.05) is 0 Å². The molecular weight excluding hydrogens is 214 g/mol. The third-order valence-corrected chi connectivity index (χ3v) is 2.43. The van der Waals surface area contributed by atoms with Crippen LogP contribution in [0.3, 0.4) is 0 Å². The molecule has 0 amide bonds. The van der Waals surface area contributed by atoms with Crippen LogP contribution < -0.4 is 0 Å². The summed E-state index contributed by atoms with van der Waals surface area (Å²) in [4.78, 5) is 0. The molecule has 0 aromatic carbocycles. The summed E-state index contributed by atoms with van der Waals surface area (Å²) in [5.74, 6) is 0. The second kappa shape index (κ2) is 5.13. The van der Waals surface area contributed by atoms with Crippen molar-refractivity contribution in [3.8, 4) is 0 Å². The molecule has 0 aromatic rings. The molecule has 0 fully saturated rings. The van der Waals surface area contributed by atoms with E-state index in [-0.39, 0.29) is 0 Å². The SMILES string of the molecule is [O]=[Al][O][La]=[O]. The van der Waals surface area contributed by atoms with Gasteiger partial charge >= 0.3 is 54.2 Å². The van der Waals surface area contributed by atoms with E-state index in [4.69, 9.17) is 0 Å². The summed E-state index contributed by atoms with van der Waals surface area (Å²) in [6.45, 7) is 0. The Morgan fingerprint density at radius 2 is 2.40 bits per heavy atom. The summed E-state index contributed by atoms with van der Waals surface area (Å²) in [5, 5.41) is 0. The van der Waals surface area contributed by atoms with Gasteiger partial charge in [-0.2, -0.15) is 0 Å². The Balaban J connectivity index is 2.65. The van der Waals surface area contributed by atoms with Gasteiger partial charge in [0.1, 0.15) is 0 Å². The first-order valence-corrected chi connectivity index (χ1v) is 4.85. The van der Waals surface area contributed by atoms with Crippen molar-refractivity contribution >= 4 is 15.5 Å². The molecule has 0 N–H and O–H groups in total. The molecule has 5 heteroatoms. The van der Waals surface area contributed by atoms with Gasteiger partial charge in [0.15, 0.2) is 0 Å². The van der Waals surface area contributed by atoms with Crippen molar-refractivity contribution in [3.63, 3.8) is 0 Å². The molecule has 0 spiro atoms. The third kappa shape index (κ3) is 5.13. The molecule has 0 unspecified atom stereocenters. The average molecular weight is 214 g/mol. The molecular formula is AlLaO3. The fourth-order valence-electron chi connectivity index (χ4n) is 0.0227. The maximum atomic E-state index is 9.34. The summed E-state index contributed by atoms with van der Waals surface area (Å²) in [6, 6.07) is 0. The minimum atomic E-state index is -2.08. The molecule has 0 heterocycles. The van der Waals surface area contributed by atoms with Gasteiger partial charge in [-0.3, -0.25) is 0 Å². The van der Waals surface area contributed by atoms with E-state index in [2.05, 4.69) is 0.756 Å². The average Bonchev–Trinajstić information content (AvgIpc) is 1.41. The Bertz CT molecular complexity index is 36.2. The molecule has 0 saturated carbocycles. The molecule has 0 aromatic heterocycles. The Kier molecular flexibility index (Phi) is 6.28. The Morgan fingerprint density at radius 3 is 2.40 bits per heavy atom. The van der Waals surface area contributed by atoms with Crippen molar-refractivity contribution in [3.05, 3.63) is 0 Å². The normalized spacial score (nSPS) is 4.00. The number of hydrogen-bond acceptors (Lipinski definition) is 3. The second-order valence-corrected chi connectivity index (χ2v) is 3.96. The van der Waals surface area contributed by atoms with Crippen molar-refractivity contribution in [2.45, 2.75) is 0 Å². The topological polar surface area (TPSA) is 43.4 Å². The Hall–Kier alpha value is 1.13. The molecule has 0 radical (unpaired) electrons. The summed E-state index contributed by atoms with van der Waals surface area (Å²) >= 11 is -3.26. The number of hydrogen-bond donors (Lipinski definition) is 0. The van der Waals surface area contributed by atoms with E-state index in [9.17, 15) is 5.50 Å². The summed E-state index contributed by atoms with van der Waals surface area (Å²) in [6.07, 6.45) is 0. The van der Waals surface area contributed by atoms with Gasteiger partial charge < -0.3 is 0 Å². The molecule has 5 heavy (non-hydrogen) atoms. The van der Waals surface area contributed by atoms with E-state index >= 15 is 0 Å². The van der Waals surface area contributed by atoms with Crippen molar-refractivity contribution < 1.29 is 38.7 Å². The second-order valence-electron chi connectivity index (χ2n) is 0.329. The van der Waals surface area contributed by atoms with Gasteiger partial charge in [-0.05, 0) is 0 Å². The van der Waals surface area contributed by atoms with Gasteiger partial charge in [0.25, 0.3) is 0 Å². The first-order chi connectivity index (χ1) is 2.41. The summed E-state index contributed by atoms with van der Waals surface area (Å²) in [5.41, 5.74) is 0. The standard InChI is InChI=1S/Al.La.3O. The molecule has 3 nitrogen and oxygen atoms in total. The van der Waals surface area contributed by atoms with E-state index in [0.717, 1.165) is 0 Å². The zero-order valence-electron chi connectivity index (χ0n) is 2.38. The summed E-state index contributed by atoms with van der Waals surface area (Å²) in [7, 11) is 0. The zero-order valence-corrected chi connectivity index (χ0v) is 7.16. The molecule has 0 rings (SSSR count). The van der Waals surface area contributed by atoms with Crippen LogP contribution in [0.5, 0.6) is 0 Å². The molecule has 0 atom stereocenters. The molecule has 0 aliphatic rings. The number of rotatable bonds is 2.